The van der Waals surface area contributed by atoms with Gasteiger partial charge in [0, 0.05) is 19.1 Å². The Balaban J connectivity index is 1.54. The van der Waals surface area contributed by atoms with E-state index in [-0.39, 0.29) is 24.0 Å². The van der Waals surface area contributed by atoms with Crippen molar-refractivity contribution in [3.05, 3.63) is 0 Å². The molecular weight excluding hydrogens is 242 g/mol. The Morgan fingerprint density at radius 2 is 1.84 bits per heavy atom. The van der Waals surface area contributed by atoms with E-state index in [1.807, 2.05) is 0 Å². The molecule has 104 valence electrons. The Labute approximate surface area is 113 Å². The minimum Gasteiger partial charge on any atom is -0.465 e. The van der Waals surface area contributed by atoms with Gasteiger partial charge in [-0.05, 0) is 48.3 Å². The van der Waals surface area contributed by atoms with Crippen LogP contribution in [0.3, 0.4) is 0 Å². The van der Waals surface area contributed by atoms with E-state index in [0.717, 1.165) is 5.92 Å². The zero-order chi connectivity index (χ0) is 12.9. The fraction of sp³-hybridized carbons (Fsp3) is 0.933. The SMILES string of the molecule is COC1C(N)C2CC1C1C3CC(C4C(=O)OCC34)C21. The Kier molecular flexibility index (Phi) is 1.95. The van der Waals surface area contributed by atoms with Crippen molar-refractivity contribution in [2.45, 2.75) is 25.0 Å². The molecule has 0 amide bonds. The average molecular weight is 263 g/mol. The monoisotopic (exact) mass is 263 g/mol. The van der Waals surface area contributed by atoms with Crippen LogP contribution in [0.15, 0.2) is 0 Å². The predicted molar refractivity (Wildman–Crippen MR) is 66.9 cm³/mol. The van der Waals surface area contributed by atoms with Crippen molar-refractivity contribution in [3.8, 4) is 0 Å². The van der Waals surface area contributed by atoms with Crippen LogP contribution in [0.1, 0.15) is 12.8 Å². The maximum absolute atomic E-state index is 12.0. The van der Waals surface area contributed by atoms with Crippen molar-refractivity contribution in [1.82, 2.24) is 0 Å². The molecule has 0 radical (unpaired) electrons. The quantitative estimate of drug-likeness (QED) is 0.557. The molecule has 4 heteroatoms. The fourth-order valence-corrected chi connectivity index (χ4v) is 6.94. The van der Waals surface area contributed by atoms with Gasteiger partial charge in [0.15, 0.2) is 0 Å². The molecule has 0 spiro atoms. The van der Waals surface area contributed by atoms with Crippen LogP contribution in [-0.2, 0) is 14.3 Å². The number of carbonyl (C=O) groups is 1. The first-order valence-electron chi connectivity index (χ1n) is 7.67. The highest BCUT2D eigenvalue weighted by atomic mass is 16.5. The Hall–Kier alpha value is -0.610. The van der Waals surface area contributed by atoms with Crippen molar-refractivity contribution in [1.29, 1.82) is 0 Å². The summed E-state index contributed by atoms with van der Waals surface area (Å²) < 4.78 is 11.0. The number of methoxy groups -OCH3 is 1. The Morgan fingerprint density at radius 3 is 2.63 bits per heavy atom. The molecule has 5 aliphatic rings. The van der Waals surface area contributed by atoms with Crippen molar-refractivity contribution < 1.29 is 14.3 Å². The Morgan fingerprint density at radius 1 is 1.11 bits per heavy atom. The highest BCUT2D eigenvalue weighted by Gasteiger charge is 2.72. The molecule has 0 aromatic heterocycles. The largest absolute Gasteiger partial charge is 0.465 e. The fourth-order valence-electron chi connectivity index (χ4n) is 6.94. The summed E-state index contributed by atoms with van der Waals surface area (Å²) >= 11 is 0. The summed E-state index contributed by atoms with van der Waals surface area (Å²) in [5.41, 5.74) is 6.39. The minimum atomic E-state index is 0.0792. The van der Waals surface area contributed by atoms with Crippen LogP contribution in [0, 0.1) is 47.3 Å². The van der Waals surface area contributed by atoms with Crippen LogP contribution in [-0.4, -0.2) is 31.8 Å². The molecule has 4 bridgehead atoms. The summed E-state index contributed by atoms with van der Waals surface area (Å²) in [6.07, 6.45) is 2.73. The van der Waals surface area contributed by atoms with Crippen LogP contribution in [0.2, 0.25) is 0 Å². The van der Waals surface area contributed by atoms with E-state index in [9.17, 15) is 4.79 Å². The zero-order valence-corrected chi connectivity index (χ0v) is 11.2. The summed E-state index contributed by atoms with van der Waals surface area (Å²) in [7, 11) is 1.80. The molecule has 5 fully saturated rings. The molecule has 4 saturated carbocycles. The van der Waals surface area contributed by atoms with Gasteiger partial charge >= 0.3 is 5.97 Å². The summed E-state index contributed by atoms with van der Waals surface area (Å²) in [4.78, 5) is 12.0. The summed E-state index contributed by atoms with van der Waals surface area (Å²) in [5.74, 6) is 4.73. The van der Waals surface area contributed by atoms with Crippen LogP contribution in [0.4, 0.5) is 0 Å². The van der Waals surface area contributed by atoms with Gasteiger partial charge in [0.25, 0.3) is 0 Å². The highest BCUT2D eigenvalue weighted by molar-refractivity contribution is 5.76. The molecule has 10 unspecified atom stereocenters. The van der Waals surface area contributed by atoms with Gasteiger partial charge in [-0.2, -0.15) is 0 Å². The molecule has 19 heavy (non-hydrogen) atoms. The van der Waals surface area contributed by atoms with E-state index in [1.165, 1.54) is 12.8 Å². The lowest BCUT2D eigenvalue weighted by Crippen LogP contribution is -2.52. The third-order valence-corrected chi connectivity index (χ3v) is 7.24. The lowest BCUT2D eigenvalue weighted by atomic mass is 9.62. The standard InChI is InChI=1S/C15H21NO3/c1-18-14-8-3-7(13(14)16)11-6-2-5(10(8)11)9-4-19-15(17)12(6)9/h5-14H,2-4,16H2,1H3. The van der Waals surface area contributed by atoms with Gasteiger partial charge in [-0.15, -0.1) is 0 Å². The lowest BCUT2D eigenvalue weighted by molar-refractivity contribution is -0.143. The first-order valence-corrected chi connectivity index (χ1v) is 7.67. The molecule has 5 rings (SSSR count). The van der Waals surface area contributed by atoms with Crippen molar-refractivity contribution in [2.24, 2.45) is 53.1 Å². The second-order valence-corrected chi connectivity index (χ2v) is 7.38. The number of ether oxygens (including phenoxy) is 2. The van der Waals surface area contributed by atoms with Crippen LogP contribution >= 0.6 is 0 Å². The van der Waals surface area contributed by atoms with E-state index in [4.69, 9.17) is 15.2 Å². The van der Waals surface area contributed by atoms with Gasteiger partial charge < -0.3 is 15.2 Å². The molecule has 1 aliphatic heterocycles. The predicted octanol–water partition coefficient (Wildman–Crippen LogP) is 0.650. The summed E-state index contributed by atoms with van der Waals surface area (Å²) in [6.45, 7) is 0.676. The van der Waals surface area contributed by atoms with Crippen molar-refractivity contribution in [3.63, 3.8) is 0 Å². The number of nitrogens with two attached hydrogens (primary N) is 1. The number of rotatable bonds is 1. The number of cyclic esters (lactones) is 1. The van der Waals surface area contributed by atoms with Crippen LogP contribution in [0.5, 0.6) is 0 Å². The maximum Gasteiger partial charge on any atom is 0.309 e. The highest BCUT2D eigenvalue weighted by Crippen LogP contribution is 2.71. The molecule has 1 saturated heterocycles. The topological polar surface area (TPSA) is 61.5 Å². The van der Waals surface area contributed by atoms with Gasteiger partial charge in [0.05, 0.1) is 18.6 Å². The number of fused-ring (bicyclic) bond motifs is 12. The first kappa shape index (κ1) is 11.1. The molecule has 0 aromatic rings. The third-order valence-electron chi connectivity index (χ3n) is 7.24. The third kappa shape index (κ3) is 1.06. The minimum absolute atomic E-state index is 0.0792. The van der Waals surface area contributed by atoms with Crippen LogP contribution < -0.4 is 5.73 Å². The zero-order valence-electron chi connectivity index (χ0n) is 11.2. The lowest BCUT2D eigenvalue weighted by Gasteiger charge is -2.43. The first-order chi connectivity index (χ1) is 9.22. The van der Waals surface area contributed by atoms with Crippen LogP contribution in [0.25, 0.3) is 0 Å². The van der Waals surface area contributed by atoms with Gasteiger partial charge in [-0.3, -0.25) is 4.79 Å². The normalized spacial score (nSPS) is 64.4. The second-order valence-electron chi connectivity index (χ2n) is 7.38. The van der Waals surface area contributed by atoms with E-state index in [0.29, 0.717) is 42.1 Å². The van der Waals surface area contributed by atoms with Crippen molar-refractivity contribution in [2.75, 3.05) is 13.7 Å². The van der Waals surface area contributed by atoms with Gasteiger partial charge in [0.1, 0.15) is 0 Å². The molecule has 4 nitrogen and oxygen atoms in total. The molecule has 4 aliphatic carbocycles. The molecule has 2 N–H and O–H groups in total. The smallest absolute Gasteiger partial charge is 0.309 e. The van der Waals surface area contributed by atoms with Gasteiger partial charge in [-0.1, -0.05) is 0 Å². The van der Waals surface area contributed by atoms with E-state index in [1.54, 1.807) is 7.11 Å². The van der Waals surface area contributed by atoms with Gasteiger partial charge in [0.2, 0.25) is 0 Å². The average Bonchev–Trinajstić information content (AvgIpc) is 3.11. The van der Waals surface area contributed by atoms with E-state index in [2.05, 4.69) is 0 Å². The van der Waals surface area contributed by atoms with Gasteiger partial charge in [-0.25, -0.2) is 0 Å². The number of hydrogen-bond acceptors (Lipinski definition) is 4. The molecular formula is C15H21NO3. The number of hydrogen-bond donors (Lipinski definition) is 1. The number of carbonyl (C=O) groups excluding carboxylic acids is 1. The summed E-state index contributed by atoms with van der Waals surface area (Å²) in [5, 5.41) is 0. The van der Waals surface area contributed by atoms with E-state index < -0.39 is 0 Å². The second kappa shape index (κ2) is 3.34. The molecule has 1 heterocycles. The van der Waals surface area contributed by atoms with Crippen molar-refractivity contribution >= 4 is 5.97 Å². The Bertz CT molecular complexity index is 453. The molecule has 10 atom stereocenters. The maximum atomic E-state index is 12.0. The summed E-state index contributed by atoms with van der Waals surface area (Å²) in [6, 6.07) is 0.187. The molecule has 0 aromatic carbocycles. The van der Waals surface area contributed by atoms with E-state index >= 15 is 0 Å². The number of esters is 1.